The molecule has 0 unspecified atom stereocenters. The Kier molecular flexibility index (Phi) is 6.68. The summed E-state index contributed by atoms with van der Waals surface area (Å²) in [7, 11) is 0. The molecular formula is C28H37N2O3+. The van der Waals surface area contributed by atoms with Gasteiger partial charge in [-0.2, -0.15) is 0 Å². The Morgan fingerprint density at radius 1 is 1.00 bits per heavy atom. The van der Waals surface area contributed by atoms with E-state index in [0.29, 0.717) is 12.5 Å². The second-order valence-corrected chi connectivity index (χ2v) is 10.4. The molecule has 1 saturated carbocycles. The second-order valence-electron chi connectivity index (χ2n) is 10.4. The van der Waals surface area contributed by atoms with E-state index in [0.717, 1.165) is 67.4 Å². The number of hydrogen-bond acceptors (Lipinski definition) is 4. The molecule has 4 heterocycles. The molecule has 5 heteroatoms. The van der Waals surface area contributed by atoms with E-state index in [1.807, 2.05) is 18.2 Å². The predicted molar refractivity (Wildman–Crippen MR) is 128 cm³/mol. The van der Waals surface area contributed by atoms with Crippen LogP contribution in [0.2, 0.25) is 0 Å². The number of aromatic nitrogens is 1. The van der Waals surface area contributed by atoms with Gasteiger partial charge in [0.15, 0.2) is 6.10 Å². The Bertz CT molecular complexity index is 901. The number of piperidine rings is 3. The van der Waals surface area contributed by atoms with Crippen molar-refractivity contribution >= 4 is 5.97 Å². The minimum Gasteiger partial charge on any atom is -0.486 e. The minimum absolute atomic E-state index is 0.0270. The quantitative estimate of drug-likeness (QED) is 0.343. The number of carbonyl (C=O) groups is 1. The molecule has 4 fully saturated rings. The summed E-state index contributed by atoms with van der Waals surface area (Å²) in [6.45, 7) is 4.89. The number of ether oxygens (including phenoxy) is 2. The normalized spacial score (nSPS) is 28.6. The van der Waals surface area contributed by atoms with Crippen molar-refractivity contribution in [3.63, 3.8) is 0 Å². The number of pyridine rings is 1. The van der Waals surface area contributed by atoms with Gasteiger partial charge in [-0.1, -0.05) is 56.0 Å². The molecule has 5 nitrogen and oxygen atoms in total. The molecule has 2 aromatic rings. The number of nitrogens with zero attached hydrogens (tertiary/aromatic N) is 2. The molecule has 1 aliphatic carbocycles. The first-order valence-corrected chi connectivity index (χ1v) is 12.8. The molecule has 6 rings (SSSR count). The highest BCUT2D eigenvalue weighted by molar-refractivity contribution is 5.83. The molecule has 176 valence electrons. The number of benzene rings is 1. The topological polar surface area (TPSA) is 48.4 Å². The molecule has 33 heavy (non-hydrogen) atoms. The summed E-state index contributed by atoms with van der Waals surface area (Å²) >= 11 is 0. The van der Waals surface area contributed by atoms with Gasteiger partial charge in [0.1, 0.15) is 25.4 Å². The molecule has 1 atom stereocenters. The lowest BCUT2D eigenvalue weighted by Crippen LogP contribution is -2.65. The Labute approximate surface area is 197 Å². The molecule has 0 N–H and O–H groups in total. The maximum atomic E-state index is 13.9. The van der Waals surface area contributed by atoms with E-state index in [2.05, 4.69) is 29.2 Å². The van der Waals surface area contributed by atoms with Crippen LogP contribution in [0.25, 0.3) is 0 Å². The maximum Gasteiger partial charge on any atom is 0.317 e. The van der Waals surface area contributed by atoms with Crippen LogP contribution in [0.1, 0.15) is 56.9 Å². The molecule has 3 aliphatic heterocycles. The lowest BCUT2D eigenvalue weighted by molar-refractivity contribution is -0.946. The summed E-state index contributed by atoms with van der Waals surface area (Å²) in [5.41, 5.74) is 0.671. The van der Waals surface area contributed by atoms with Crippen molar-refractivity contribution in [2.45, 2.75) is 62.9 Å². The van der Waals surface area contributed by atoms with E-state index < -0.39 is 5.41 Å². The highest BCUT2D eigenvalue weighted by atomic mass is 16.5. The zero-order valence-corrected chi connectivity index (χ0v) is 19.7. The van der Waals surface area contributed by atoms with Crippen LogP contribution in [0, 0.1) is 5.92 Å². The van der Waals surface area contributed by atoms with E-state index in [9.17, 15) is 4.79 Å². The van der Waals surface area contributed by atoms with Crippen LogP contribution < -0.4 is 4.74 Å². The van der Waals surface area contributed by atoms with Crippen molar-refractivity contribution in [2.75, 3.05) is 32.8 Å². The van der Waals surface area contributed by atoms with Crippen LogP contribution in [0.4, 0.5) is 0 Å². The fourth-order valence-electron chi connectivity index (χ4n) is 6.41. The van der Waals surface area contributed by atoms with Gasteiger partial charge in [0.25, 0.3) is 0 Å². The first-order valence-electron chi connectivity index (χ1n) is 12.8. The number of hydrogen-bond donors (Lipinski definition) is 0. The monoisotopic (exact) mass is 449 g/mol. The van der Waals surface area contributed by atoms with Crippen molar-refractivity contribution in [2.24, 2.45) is 5.92 Å². The van der Waals surface area contributed by atoms with E-state index in [1.54, 1.807) is 12.4 Å². The lowest BCUT2D eigenvalue weighted by Gasteiger charge is -2.52. The summed E-state index contributed by atoms with van der Waals surface area (Å²) in [5, 5.41) is 0. The van der Waals surface area contributed by atoms with Gasteiger partial charge in [0.05, 0.1) is 24.7 Å². The number of fused-ring (bicyclic) bond motifs is 3. The van der Waals surface area contributed by atoms with Crippen molar-refractivity contribution in [3.05, 3.63) is 60.4 Å². The van der Waals surface area contributed by atoms with Gasteiger partial charge >= 0.3 is 5.97 Å². The molecule has 1 aromatic heterocycles. The molecular weight excluding hydrogens is 412 g/mol. The summed E-state index contributed by atoms with van der Waals surface area (Å²) in [5.74, 6) is 1.36. The first-order chi connectivity index (χ1) is 16.2. The van der Waals surface area contributed by atoms with Crippen LogP contribution in [-0.4, -0.2) is 54.3 Å². The highest BCUT2D eigenvalue weighted by Crippen LogP contribution is 2.42. The van der Waals surface area contributed by atoms with Gasteiger partial charge in [-0.3, -0.25) is 9.78 Å². The van der Waals surface area contributed by atoms with Crippen molar-refractivity contribution < 1.29 is 18.8 Å². The largest absolute Gasteiger partial charge is 0.486 e. The standard InChI is InChI=1S/C28H37N2O3/c31-27(28(14-6-1-2-7-15-28)24-9-4-3-5-10-24)33-26-22-30(17-12-23(26)13-18-30)19-20-32-25-11-8-16-29-21-25/h3-5,8-11,16,21,23,26H,1-2,6-7,12-15,17-20,22H2/q+1/t23?,26-,30?/m0/s1. The van der Waals surface area contributed by atoms with Crippen molar-refractivity contribution in [1.29, 1.82) is 0 Å². The summed E-state index contributed by atoms with van der Waals surface area (Å²) in [6, 6.07) is 14.3. The highest BCUT2D eigenvalue weighted by Gasteiger charge is 2.50. The maximum absolute atomic E-state index is 13.9. The Morgan fingerprint density at radius 3 is 2.45 bits per heavy atom. The van der Waals surface area contributed by atoms with Gasteiger partial charge in [-0.05, 0) is 30.5 Å². The van der Waals surface area contributed by atoms with E-state index >= 15 is 0 Å². The smallest absolute Gasteiger partial charge is 0.317 e. The van der Waals surface area contributed by atoms with Crippen LogP contribution in [0.15, 0.2) is 54.9 Å². The number of carbonyl (C=O) groups excluding carboxylic acids is 1. The Balaban J connectivity index is 1.27. The van der Waals surface area contributed by atoms with E-state index in [1.165, 1.54) is 25.9 Å². The van der Waals surface area contributed by atoms with Crippen LogP contribution >= 0.6 is 0 Å². The van der Waals surface area contributed by atoms with E-state index in [-0.39, 0.29) is 12.1 Å². The molecule has 1 aromatic carbocycles. The van der Waals surface area contributed by atoms with Gasteiger partial charge in [-0.25, -0.2) is 0 Å². The molecule has 0 spiro atoms. The Morgan fingerprint density at radius 2 is 1.76 bits per heavy atom. The van der Waals surface area contributed by atoms with Crippen molar-refractivity contribution in [1.82, 2.24) is 4.98 Å². The Hall–Kier alpha value is -2.40. The molecule has 0 radical (unpaired) electrons. The third kappa shape index (κ3) is 4.79. The first kappa shape index (κ1) is 22.4. The molecule has 3 saturated heterocycles. The van der Waals surface area contributed by atoms with Crippen molar-refractivity contribution in [3.8, 4) is 5.75 Å². The third-order valence-corrected chi connectivity index (χ3v) is 8.44. The summed E-state index contributed by atoms with van der Waals surface area (Å²) in [4.78, 5) is 18.0. The number of rotatable bonds is 7. The second kappa shape index (κ2) is 9.84. The van der Waals surface area contributed by atoms with Gasteiger partial charge < -0.3 is 14.0 Å². The zero-order chi connectivity index (χ0) is 22.6. The average molecular weight is 450 g/mol. The molecule has 0 amide bonds. The van der Waals surface area contributed by atoms with Crippen LogP contribution in [0.5, 0.6) is 5.75 Å². The van der Waals surface area contributed by atoms with E-state index in [4.69, 9.17) is 9.47 Å². The summed E-state index contributed by atoms with van der Waals surface area (Å²) in [6.07, 6.45) is 12.3. The minimum atomic E-state index is -0.474. The number of quaternary nitrogens is 1. The SMILES string of the molecule is O=C(O[C@H]1C[N+]2(CCOc3cccnc3)CCC1CC2)C1(c2ccccc2)CCCCCC1. The fourth-order valence-corrected chi connectivity index (χ4v) is 6.41. The number of esters is 1. The average Bonchev–Trinajstić information content (AvgIpc) is 3.13. The summed E-state index contributed by atoms with van der Waals surface area (Å²) < 4.78 is 13.4. The van der Waals surface area contributed by atoms with Gasteiger partial charge in [-0.15, -0.1) is 0 Å². The predicted octanol–water partition coefficient (Wildman–Crippen LogP) is 4.90. The van der Waals surface area contributed by atoms with Crippen LogP contribution in [0.3, 0.4) is 0 Å². The molecule has 2 bridgehead atoms. The van der Waals surface area contributed by atoms with Crippen LogP contribution in [-0.2, 0) is 14.9 Å². The molecule has 4 aliphatic rings. The zero-order valence-electron chi connectivity index (χ0n) is 19.7. The third-order valence-electron chi connectivity index (χ3n) is 8.44. The van der Waals surface area contributed by atoms with Gasteiger partial charge in [0.2, 0.25) is 0 Å². The fraction of sp³-hybridized carbons (Fsp3) is 0.571. The van der Waals surface area contributed by atoms with Gasteiger partial charge in [0, 0.05) is 25.0 Å². The lowest BCUT2D eigenvalue weighted by atomic mass is 9.74.